The highest BCUT2D eigenvalue weighted by Gasteiger charge is 2.28. The molecule has 0 saturated carbocycles. The maximum atomic E-state index is 4.01. The van der Waals surface area contributed by atoms with Gasteiger partial charge in [-0.1, -0.05) is 72.4 Å². The van der Waals surface area contributed by atoms with Gasteiger partial charge in [0, 0.05) is 9.79 Å². The molecule has 0 nitrogen and oxygen atoms in total. The minimum absolute atomic E-state index is 0.0967. The molecular weight excluding hydrogens is 388 g/mol. The molecule has 0 heterocycles. The third-order valence-corrected chi connectivity index (χ3v) is 7.85. The second kappa shape index (κ2) is 9.21. The average molecular weight is 412 g/mol. The second-order valence-corrected chi connectivity index (χ2v) is 9.98. The predicted molar refractivity (Wildman–Crippen MR) is 127 cm³/mol. The Bertz CT molecular complexity index is 1030. The Morgan fingerprint density at radius 1 is 0.586 bits per heavy atom. The quantitative estimate of drug-likeness (QED) is 0.290. The van der Waals surface area contributed by atoms with Crippen LogP contribution in [0.1, 0.15) is 12.5 Å². The molecule has 0 saturated heterocycles. The molecule has 29 heavy (non-hydrogen) atoms. The van der Waals surface area contributed by atoms with E-state index >= 15 is 0 Å². The van der Waals surface area contributed by atoms with E-state index in [1.165, 1.54) is 30.0 Å². The molecule has 0 bridgehead atoms. The van der Waals surface area contributed by atoms with Gasteiger partial charge in [-0.05, 0) is 73.2 Å². The molecule has 4 rings (SSSR count). The fraction of sp³-hybridized carbons (Fsp3) is 0.0370. The van der Waals surface area contributed by atoms with Crippen LogP contribution in [0.4, 0.5) is 0 Å². The van der Waals surface area contributed by atoms with Crippen molar-refractivity contribution in [3.63, 3.8) is 0 Å². The molecule has 2 heteroatoms. The number of allylic oxidation sites excluding steroid dienone is 1. The monoisotopic (exact) mass is 411 g/mol. The summed E-state index contributed by atoms with van der Waals surface area (Å²) in [6.45, 7) is 6.05. The highest BCUT2D eigenvalue weighted by atomic mass is 32.2. The van der Waals surface area contributed by atoms with Gasteiger partial charge in [-0.15, -0.1) is 0 Å². The molecule has 0 spiro atoms. The summed E-state index contributed by atoms with van der Waals surface area (Å²) < 4.78 is 0. The SMILES string of the molecule is C=C(C)c1ccc(Sc2ccc([S+](c3ccccc3)c3ccccc3)cc2)cc1. The van der Waals surface area contributed by atoms with E-state index in [1.807, 2.05) is 6.92 Å². The highest BCUT2D eigenvalue weighted by molar-refractivity contribution is 7.99. The van der Waals surface area contributed by atoms with Crippen molar-refractivity contribution in [3.05, 3.63) is 121 Å². The van der Waals surface area contributed by atoms with Crippen molar-refractivity contribution in [3.8, 4) is 0 Å². The standard InChI is InChI=1S/C27H23S2/c1-21(2)22-13-15-23(16-14-22)28-24-17-19-27(20-18-24)29(25-9-5-3-6-10-25)26-11-7-4-8-12-26/h3-20H,1H2,2H3/q+1. The Labute approximate surface area is 180 Å². The van der Waals surface area contributed by atoms with E-state index in [9.17, 15) is 0 Å². The molecule has 0 aromatic heterocycles. The predicted octanol–water partition coefficient (Wildman–Crippen LogP) is 7.97. The maximum Gasteiger partial charge on any atom is 0.166 e. The van der Waals surface area contributed by atoms with Gasteiger partial charge in [0.2, 0.25) is 0 Å². The van der Waals surface area contributed by atoms with Gasteiger partial charge < -0.3 is 0 Å². The van der Waals surface area contributed by atoms with Crippen LogP contribution in [0, 0.1) is 0 Å². The Balaban J connectivity index is 1.60. The van der Waals surface area contributed by atoms with Gasteiger partial charge in [0.25, 0.3) is 0 Å². The fourth-order valence-corrected chi connectivity index (χ4v) is 6.01. The van der Waals surface area contributed by atoms with Crippen LogP contribution < -0.4 is 0 Å². The molecule has 0 unspecified atom stereocenters. The van der Waals surface area contributed by atoms with Crippen LogP contribution in [-0.4, -0.2) is 0 Å². The van der Waals surface area contributed by atoms with Crippen LogP contribution in [0.15, 0.2) is 140 Å². The van der Waals surface area contributed by atoms with Crippen LogP contribution in [0.2, 0.25) is 0 Å². The summed E-state index contributed by atoms with van der Waals surface area (Å²) in [6, 6.07) is 39.2. The van der Waals surface area contributed by atoms with Crippen molar-refractivity contribution >= 4 is 28.2 Å². The summed E-state index contributed by atoms with van der Waals surface area (Å²) in [4.78, 5) is 6.52. The number of benzene rings is 4. The number of hydrogen-bond acceptors (Lipinski definition) is 1. The lowest BCUT2D eigenvalue weighted by molar-refractivity contribution is 1.28. The first-order chi connectivity index (χ1) is 14.2. The van der Waals surface area contributed by atoms with Crippen molar-refractivity contribution in [1.29, 1.82) is 0 Å². The molecule has 142 valence electrons. The first-order valence-electron chi connectivity index (χ1n) is 9.59. The lowest BCUT2D eigenvalue weighted by Crippen LogP contribution is -2.04. The van der Waals surface area contributed by atoms with E-state index in [-0.39, 0.29) is 10.9 Å². The molecule has 0 fully saturated rings. The van der Waals surface area contributed by atoms with Crippen molar-refractivity contribution in [2.24, 2.45) is 0 Å². The van der Waals surface area contributed by atoms with Crippen LogP contribution >= 0.6 is 11.8 Å². The Hall–Kier alpha value is -2.68. The zero-order valence-electron chi connectivity index (χ0n) is 16.4. The van der Waals surface area contributed by atoms with Crippen LogP contribution in [-0.2, 0) is 10.9 Å². The summed E-state index contributed by atoms with van der Waals surface area (Å²) in [5.41, 5.74) is 2.29. The van der Waals surface area contributed by atoms with Crippen LogP contribution in [0.3, 0.4) is 0 Å². The lowest BCUT2D eigenvalue weighted by Gasteiger charge is -2.09. The van der Waals surface area contributed by atoms with Crippen molar-refractivity contribution in [2.45, 2.75) is 31.4 Å². The molecule has 0 radical (unpaired) electrons. The Morgan fingerprint density at radius 2 is 1.00 bits per heavy atom. The minimum atomic E-state index is -0.0967. The number of hydrogen-bond donors (Lipinski definition) is 0. The summed E-state index contributed by atoms with van der Waals surface area (Å²) in [6.07, 6.45) is 0. The average Bonchev–Trinajstić information content (AvgIpc) is 2.77. The Morgan fingerprint density at radius 3 is 1.45 bits per heavy atom. The molecule has 4 aromatic carbocycles. The minimum Gasteiger partial charge on any atom is -0.0955 e. The van der Waals surface area contributed by atoms with Crippen LogP contribution in [0.5, 0.6) is 0 Å². The molecular formula is C27H23S2+. The molecule has 0 amide bonds. The summed E-state index contributed by atoms with van der Waals surface area (Å²) in [5.74, 6) is 0. The molecule has 0 atom stereocenters. The molecule has 0 aliphatic rings. The first kappa shape index (κ1) is 19.6. The van der Waals surface area contributed by atoms with Crippen molar-refractivity contribution < 1.29 is 0 Å². The molecule has 0 N–H and O–H groups in total. The van der Waals surface area contributed by atoms with E-state index in [0.29, 0.717) is 0 Å². The van der Waals surface area contributed by atoms with E-state index in [0.717, 1.165) is 5.57 Å². The van der Waals surface area contributed by atoms with E-state index in [1.54, 1.807) is 11.8 Å². The maximum absolute atomic E-state index is 4.01. The third-order valence-electron chi connectivity index (χ3n) is 4.60. The first-order valence-corrected chi connectivity index (χ1v) is 11.6. The normalized spacial score (nSPS) is 10.8. The van der Waals surface area contributed by atoms with Gasteiger partial charge in [-0.2, -0.15) is 0 Å². The number of rotatable bonds is 6. The van der Waals surface area contributed by atoms with E-state index in [2.05, 4.69) is 116 Å². The zero-order valence-corrected chi connectivity index (χ0v) is 18.0. The molecule has 0 aliphatic carbocycles. The molecule has 0 aliphatic heterocycles. The largest absolute Gasteiger partial charge is 0.166 e. The van der Waals surface area contributed by atoms with Crippen LogP contribution in [0.25, 0.3) is 5.57 Å². The van der Waals surface area contributed by atoms with Gasteiger partial charge in [-0.3, -0.25) is 0 Å². The third kappa shape index (κ3) is 4.84. The lowest BCUT2D eigenvalue weighted by atomic mass is 10.1. The Kier molecular flexibility index (Phi) is 6.24. The summed E-state index contributed by atoms with van der Waals surface area (Å²) in [5, 5.41) is 0. The van der Waals surface area contributed by atoms with Gasteiger partial charge in [0.05, 0.1) is 10.9 Å². The fourth-order valence-electron chi connectivity index (χ4n) is 3.11. The smallest absolute Gasteiger partial charge is 0.0955 e. The topological polar surface area (TPSA) is 0 Å². The van der Waals surface area contributed by atoms with Gasteiger partial charge in [0.15, 0.2) is 14.7 Å². The van der Waals surface area contributed by atoms with Crippen molar-refractivity contribution in [1.82, 2.24) is 0 Å². The van der Waals surface area contributed by atoms with Gasteiger partial charge in [-0.25, -0.2) is 0 Å². The summed E-state index contributed by atoms with van der Waals surface area (Å²) >= 11 is 1.79. The zero-order chi connectivity index (χ0) is 20.1. The summed E-state index contributed by atoms with van der Waals surface area (Å²) in [7, 11) is -0.0967. The van der Waals surface area contributed by atoms with E-state index in [4.69, 9.17) is 0 Å². The second-order valence-electron chi connectivity index (χ2n) is 6.81. The van der Waals surface area contributed by atoms with E-state index < -0.39 is 0 Å². The highest BCUT2D eigenvalue weighted by Crippen LogP contribution is 2.34. The van der Waals surface area contributed by atoms with Gasteiger partial charge >= 0.3 is 0 Å². The van der Waals surface area contributed by atoms with Gasteiger partial charge in [0.1, 0.15) is 0 Å². The van der Waals surface area contributed by atoms with Crippen molar-refractivity contribution in [2.75, 3.05) is 0 Å². The molecule has 4 aromatic rings.